The van der Waals surface area contributed by atoms with E-state index in [1.54, 1.807) is 12.4 Å². The van der Waals surface area contributed by atoms with Gasteiger partial charge in [0.1, 0.15) is 5.69 Å². The van der Waals surface area contributed by atoms with Gasteiger partial charge in [0.25, 0.3) is 5.91 Å². The molecule has 5 nitrogen and oxygen atoms in total. The second kappa shape index (κ2) is 4.52. The van der Waals surface area contributed by atoms with Crippen LogP contribution in [0.1, 0.15) is 36.5 Å². The molecule has 0 unspecified atom stereocenters. The number of fused-ring (bicyclic) bond motifs is 1. The van der Waals surface area contributed by atoms with Crippen LogP contribution in [0.3, 0.4) is 0 Å². The smallest absolute Gasteiger partial charge is 0.274 e. The summed E-state index contributed by atoms with van der Waals surface area (Å²) in [6, 6.07) is 0.214. The normalized spacial score (nSPS) is 30.5. The van der Waals surface area contributed by atoms with Crippen molar-refractivity contribution in [3.8, 4) is 0 Å². The molecule has 20 heavy (non-hydrogen) atoms. The number of hydrogen-bond donors (Lipinski definition) is 0. The minimum Gasteiger partial charge on any atom is -0.377 e. The number of aryl methyl sites for hydroxylation is 1. The Morgan fingerprint density at radius 2 is 2.15 bits per heavy atom. The van der Waals surface area contributed by atoms with Crippen molar-refractivity contribution in [1.82, 2.24) is 14.9 Å². The Hall–Kier alpha value is -1.49. The van der Waals surface area contributed by atoms with Crippen LogP contribution < -0.4 is 0 Å². The molecule has 0 aromatic carbocycles. The van der Waals surface area contributed by atoms with Crippen molar-refractivity contribution in [2.24, 2.45) is 11.3 Å². The Morgan fingerprint density at radius 1 is 1.40 bits per heavy atom. The lowest BCUT2D eigenvalue weighted by molar-refractivity contribution is -0.139. The molecule has 1 saturated carbocycles. The lowest BCUT2D eigenvalue weighted by atomic mass is 9.57. The number of carbonyl (C=O) groups is 1. The van der Waals surface area contributed by atoms with E-state index >= 15 is 0 Å². The summed E-state index contributed by atoms with van der Waals surface area (Å²) < 4.78 is 5.78. The van der Waals surface area contributed by atoms with Crippen molar-refractivity contribution < 1.29 is 9.53 Å². The molecule has 0 N–H and O–H groups in total. The van der Waals surface area contributed by atoms with Crippen LogP contribution in [0.2, 0.25) is 0 Å². The van der Waals surface area contributed by atoms with E-state index in [0.717, 1.165) is 18.7 Å². The molecule has 1 saturated heterocycles. The molecule has 0 bridgehead atoms. The van der Waals surface area contributed by atoms with Crippen LogP contribution in [-0.4, -0.2) is 46.6 Å². The van der Waals surface area contributed by atoms with E-state index in [9.17, 15) is 4.79 Å². The maximum Gasteiger partial charge on any atom is 0.274 e. The van der Waals surface area contributed by atoms with Gasteiger partial charge >= 0.3 is 0 Å². The van der Waals surface area contributed by atoms with Gasteiger partial charge in [0.15, 0.2) is 0 Å². The third kappa shape index (κ3) is 1.84. The fourth-order valence-electron chi connectivity index (χ4n) is 3.89. The molecular formula is C15H21N3O2. The summed E-state index contributed by atoms with van der Waals surface area (Å²) in [5.41, 5.74) is 1.23. The zero-order chi connectivity index (χ0) is 14.5. The Bertz CT molecular complexity index is 526. The van der Waals surface area contributed by atoms with Crippen LogP contribution in [0, 0.1) is 18.3 Å². The van der Waals surface area contributed by atoms with Crippen LogP contribution in [0.4, 0.5) is 0 Å². The number of rotatable bonds is 2. The fraction of sp³-hybridized carbons (Fsp3) is 0.667. The van der Waals surface area contributed by atoms with E-state index in [0.29, 0.717) is 11.6 Å². The summed E-state index contributed by atoms with van der Waals surface area (Å²) >= 11 is 0. The summed E-state index contributed by atoms with van der Waals surface area (Å²) in [6.45, 7) is 7.02. The fourth-order valence-corrected chi connectivity index (χ4v) is 3.89. The third-order valence-corrected chi connectivity index (χ3v) is 4.78. The Balaban J connectivity index is 1.80. The standard InChI is InChI=1S/C15H21N3O2/c1-9-7-17-11(8-16-9)14(19)18(4)12-10-5-6-20-13(10)15(12,2)3/h7-8,10,12-13H,5-6H2,1-4H3/t10-,12-,13-/m1/s1. The van der Waals surface area contributed by atoms with Crippen molar-refractivity contribution in [3.63, 3.8) is 0 Å². The topological polar surface area (TPSA) is 55.3 Å². The number of aromatic nitrogens is 2. The zero-order valence-electron chi connectivity index (χ0n) is 12.5. The molecule has 1 aliphatic carbocycles. The average molecular weight is 275 g/mol. The van der Waals surface area contributed by atoms with E-state index in [-0.39, 0.29) is 23.5 Å². The molecule has 3 rings (SSSR count). The van der Waals surface area contributed by atoms with Crippen molar-refractivity contribution in [2.75, 3.05) is 13.7 Å². The number of carbonyl (C=O) groups excluding carboxylic acids is 1. The van der Waals surface area contributed by atoms with Crippen LogP contribution in [0.15, 0.2) is 12.4 Å². The highest BCUT2D eigenvalue weighted by Crippen LogP contribution is 2.54. The summed E-state index contributed by atoms with van der Waals surface area (Å²) in [7, 11) is 1.87. The quantitative estimate of drug-likeness (QED) is 0.824. The molecule has 108 valence electrons. The first-order valence-corrected chi connectivity index (χ1v) is 7.10. The highest BCUT2D eigenvalue weighted by atomic mass is 16.5. The average Bonchev–Trinajstić information content (AvgIpc) is 2.85. The molecular weight excluding hydrogens is 254 g/mol. The first-order chi connectivity index (χ1) is 9.43. The van der Waals surface area contributed by atoms with Crippen LogP contribution in [0.25, 0.3) is 0 Å². The highest BCUT2D eigenvalue weighted by Gasteiger charge is 2.61. The van der Waals surface area contributed by atoms with E-state index in [1.807, 2.05) is 18.9 Å². The van der Waals surface area contributed by atoms with Gasteiger partial charge in [-0.1, -0.05) is 13.8 Å². The minimum absolute atomic E-state index is 0.00367. The van der Waals surface area contributed by atoms with Crippen LogP contribution in [0.5, 0.6) is 0 Å². The summed E-state index contributed by atoms with van der Waals surface area (Å²) in [4.78, 5) is 22.7. The molecule has 1 aromatic rings. The lowest BCUT2D eigenvalue weighted by Crippen LogP contribution is -2.66. The molecule has 0 radical (unpaired) electrons. The minimum atomic E-state index is -0.0547. The highest BCUT2D eigenvalue weighted by molar-refractivity contribution is 5.92. The predicted octanol–water partition coefficient (Wildman–Crippen LogP) is 1.67. The SMILES string of the molecule is Cc1cnc(C(=O)N(C)[C@@H]2[C@H]3CCO[C@H]3C2(C)C)cn1. The van der Waals surface area contributed by atoms with Crippen molar-refractivity contribution >= 4 is 5.91 Å². The first kappa shape index (κ1) is 13.5. The Labute approximate surface area is 119 Å². The summed E-state index contributed by atoms with van der Waals surface area (Å²) in [6.07, 6.45) is 4.51. The van der Waals surface area contributed by atoms with E-state index in [2.05, 4.69) is 23.8 Å². The molecule has 1 aromatic heterocycles. The van der Waals surface area contributed by atoms with Gasteiger partial charge in [-0.05, 0) is 13.3 Å². The summed E-state index contributed by atoms with van der Waals surface area (Å²) in [5, 5.41) is 0. The van der Waals surface area contributed by atoms with E-state index in [1.165, 1.54) is 0 Å². The van der Waals surface area contributed by atoms with Crippen LogP contribution in [-0.2, 0) is 4.74 Å². The van der Waals surface area contributed by atoms with E-state index in [4.69, 9.17) is 4.74 Å². The second-order valence-corrected chi connectivity index (χ2v) is 6.47. The van der Waals surface area contributed by atoms with Crippen LogP contribution >= 0.6 is 0 Å². The molecule has 1 aliphatic heterocycles. The molecule has 5 heteroatoms. The number of hydrogen-bond acceptors (Lipinski definition) is 4. The third-order valence-electron chi connectivity index (χ3n) is 4.78. The largest absolute Gasteiger partial charge is 0.377 e. The molecule has 0 spiro atoms. The van der Waals surface area contributed by atoms with Gasteiger partial charge in [-0.3, -0.25) is 9.78 Å². The second-order valence-electron chi connectivity index (χ2n) is 6.47. The predicted molar refractivity (Wildman–Crippen MR) is 74.3 cm³/mol. The van der Waals surface area contributed by atoms with Gasteiger partial charge in [-0.25, -0.2) is 4.98 Å². The molecule has 3 atom stereocenters. The number of amides is 1. The number of nitrogens with zero attached hydrogens (tertiary/aromatic N) is 3. The van der Waals surface area contributed by atoms with Gasteiger partial charge < -0.3 is 9.64 Å². The maximum atomic E-state index is 12.5. The van der Waals surface area contributed by atoms with Gasteiger partial charge in [-0.15, -0.1) is 0 Å². The Morgan fingerprint density at radius 3 is 2.80 bits per heavy atom. The molecule has 2 heterocycles. The van der Waals surface area contributed by atoms with Crippen molar-refractivity contribution in [3.05, 3.63) is 23.8 Å². The van der Waals surface area contributed by atoms with Gasteiger partial charge in [0, 0.05) is 37.2 Å². The summed E-state index contributed by atoms with van der Waals surface area (Å²) in [5.74, 6) is 0.401. The van der Waals surface area contributed by atoms with Crippen molar-refractivity contribution in [2.45, 2.75) is 39.3 Å². The van der Waals surface area contributed by atoms with Crippen molar-refractivity contribution in [1.29, 1.82) is 0 Å². The first-order valence-electron chi connectivity index (χ1n) is 7.10. The molecule has 2 aliphatic rings. The monoisotopic (exact) mass is 275 g/mol. The van der Waals surface area contributed by atoms with Gasteiger partial charge in [-0.2, -0.15) is 0 Å². The zero-order valence-corrected chi connectivity index (χ0v) is 12.5. The lowest BCUT2D eigenvalue weighted by Gasteiger charge is -2.57. The number of ether oxygens (including phenoxy) is 1. The maximum absolute atomic E-state index is 12.5. The van der Waals surface area contributed by atoms with Gasteiger partial charge in [0.05, 0.1) is 18.0 Å². The Kier molecular flexibility index (Phi) is 3.05. The van der Waals surface area contributed by atoms with E-state index < -0.39 is 0 Å². The molecule has 1 amide bonds. The van der Waals surface area contributed by atoms with Gasteiger partial charge in [0.2, 0.25) is 0 Å². The molecule has 2 fully saturated rings.